The van der Waals surface area contributed by atoms with E-state index >= 15 is 0 Å². The van der Waals surface area contributed by atoms with Gasteiger partial charge >= 0.3 is 0 Å². The molecule has 0 spiro atoms. The molecule has 2 heterocycles. The summed E-state index contributed by atoms with van der Waals surface area (Å²) in [7, 11) is 0. The molecule has 4 nitrogen and oxygen atoms in total. The molecule has 2 aliphatic rings. The SMILES string of the molecule is Nc1cccc(C(O)CN2CCN3CCCC3C2)c1. The smallest absolute Gasteiger partial charge is 0.0917 e. The summed E-state index contributed by atoms with van der Waals surface area (Å²) in [5.74, 6) is 0. The van der Waals surface area contributed by atoms with E-state index in [9.17, 15) is 5.11 Å². The third kappa shape index (κ3) is 2.91. The van der Waals surface area contributed by atoms with Crippen molar-refractivity contribution in [2.24, 2.45) is 0 Å². The molecule has 2 unspecified atom stereocenters. The van der Waals surface area contributed by atoms with Crippen molar-refractivity contribution in [2.75, 3.05) is 38.5 Å². The molecule has 3 rings (SSSR count). The van der Waals surface area contributed by atoms with Crippen LogP contribution in [0.4, 0.5) is 5.69 Å². The van der Waals surface area contributed by atoms with E-state index in [0.717, 1.165) is 30.9 Å². The summed E-state index contributed by atoms with van der Waals surface area (Å²) in [6, 6.07) is 8.29. The first-order valence-electron chi connectivity index (χ1n) is 7.22. The molecule has 0 radical (unpaired) electrons. The van der Waals surface area contributed by atoms with Gasteiger partial charge in [0, 0.05) is 37.9 Å². The largest absolute Gasteiger partial charge is 0.399 e. The second-order valence-corrected chi connectivity index (χ2v) is 5.78. The molecule has 2 saturated heterocycles. The molecule has 1 aromatic rings. The lowest BCUT2D eigenvalue weighted by molar-refractivity contribution is 0.0566. The number of benzene rings is 1. The Kier molecular flexibility index (Phi) is 3.73. The Balaban J connectivity index is 1.59. The first-order valence-corrected chi connectivity index (χ1v) is 7.22. The summed E-state index contributed by atoms with van der Waals surface area (Å²) >= 11 is 0. The molecule has 1 aromatic carbocycles. The van der Waals surface area contributed by atoms with E-state index in [0.29, 0.717) is 12.6 Å². The zero-order chi connectivity index (χ0) is 13.2. The number of nitrogen functional groups attached to an aromatic ring is 1. The predicted molar refractivity (Wildman–Crippen MR) is 76.8 cm³/mol. The highest BCUT2D eigenvalue weighted by Gasteiger charge is 2.31. The van der Waals surface area contributed by atoms with Crippen LogP contribution < -0.4 is 5.73 Å². The molecule has 0 amide bonds. The normalized spacial score (nSPS) is 26.3. The summed E-state index contributed by atoms with van der Waals surface area (Å²) in [5.41, 5.74) is 7.41. The highest BCUT2D eigenvalue weighted by atomic mass is 16.3. The van der Waals surface area contributed by atoms with Crippen LogP contribution in [0.5, 0.6) is 0 Å². The molecule has 0 saturated carbocycles. The number of fused-ring (bicyclic) bond motifs is 1. The minimum atomic E-state index is -0.434. The van der Waals surface area contributed by atoms with E-state index < -0.39 is 6.10 Å². The molecule has 2 atom stereocenters. The lowest BCUT2D eigenvalue weighted by atomic mass is 10.1. The van der Waals surface area contributed by atoms with Gasteiger partial charge in [-0.1, -0.05) is 12.1 Å². The Labute approximate surface area is 114 Å². The van der Waals surface area contributed by atoms with Gasteiger partial charge < -0.3 is 10.8 Å². The highest BCUT2D eigenvalue weighted by Crippen LogP contribution is 2.23. The van der Waals surface area contributed by atoms with E-state index in [1.54, 1.807) is 0 Å². The molecule has 2 fully saturated rings. The van der Waals surface area contributed by atoms with E-state index in [2.05, 4.69) is 9.80 Å². The lowest BCUT2D eigenvalue weighted by Crippen LogP contribution is -2.50. The van der Waals surface area contributed by atoms with Crippen molar-refractivity contribution in [3.63, 3.8) is 0 Å². The number of piperazine rings is 1. The zero-order valence-electron chi connectivity index (χ0n) is 11.3. The van der Waals surface area contributed by atoms with Gasteiger partial charge in [-0.05, 0) is 37.1 Å². The van der Waals surface area contributed by atoms with Gasteiger partial charge in [0.05, 0.1) is 6.10 Å². The predicted octanol–water partition coefficient (Wildman–Crippen LogP) is 1.08. The number of β-amino-alcohol motifs (C(OH)–C–C–N with tert-alkyl or cyclic N) is 1. The molecule has 4 heteroatoms. The third-order valence-electron chi connectivity index (χ3n) is 4.40. The van der Waals surface area contributed by atoms with Gasteiger partial charge in [-0.15, -0.1) is 0 Å². The number of hydrogen-bond donors (Lipinski definition) is 2. The average Bonchev–Trinajstić information content (AvgIpc) is 2.86. The molecule has 104 valence electrons. The molecule has 0 aliphatic carbocycles. The Morgan fingerprint density at radius 1 is 1.32 bits per heavy atom. The van der Waals surface area contributed by atoms with Crippen molar-refractivity contribution in [1.29, 1.82) is 0 Å². The molecule has 0 bridgehead atoms. The van der Waals surface area contributed by atoms with Crippen LogP contribution in [0.25, 0.3) is 0 Å². The van der Waals surface area contributed by atoms with E-state index in [4.69, 9.17) is 5.73 Å². The first kappa shape index (κ1) is 12.9. The number of anilines is 1. The summed E-state index contributed by atoms with van der Waals surface area (Å²) in [6.45, 7) is 5.29. The number of hydrogen-bond acceptors (Lipinski definition) is 4. The number of aliphatic hydroxyl groups is 1. The van der Waals surface area contributed by atoms with Gasteiger partial charge in [-0.25, -0.2) is 0 Å². The number of aliphatic hydroxyl groups excluding tert-OH is 1. The van der Waals surface area contributed by atoms with Gasteiger partial charge in [-0.3, -0.25) is 9.80 Å². The van der Waals surface area contributed by atoms with Crippen LogP contribution in [-0.2, 0) is 0 Å². The maximum Gasteiger partial charge on any atom is 0.0917 e. The Morgan fingerprint density at radius 2 is 2.21 bits per heavy atom. The van der Waals surface area contributed by atoms with Crippen LogP contribution in [0.2, 0.25) is 0 Å². The second kappa shape index (κ2) is 5.49. The van der Waals surface area contributed by atoms with E-state index in [1.807, 2.05) is 24.3 Å². The van der Waals surface area contributed by atoms with Crippen molar-refractivity contribution in [3.05, 3.63) is 29.8 Å². The van der Waals surface area contributed by atoms with Crippen molar-refractivity contribution < 1.29 is 5.11 Å². The molecule has 0 aromatic heterocycles. The number of rotatable bonds is 3. The van der Waals surface area contributed by atoms with Crippen LogP contribution in [0, 0.1) is 0 Å². The minimum absolute atomic E-state index is 0.434. The maximum atomic E-state index is 10.3. The second-order valence-electron chi connectivity index (χ2n) is 5.78. The fourth-order valence-electron chi connectivity index (χ4n) is 3.34. The van der Waals surface area contributed by atoms with E-state index in [1.165, 1.54) is 19.4 Å². The van der Waals surface area contributed by atoms with Crippen LogP contribution in [0.3, 0.4) is 0 Å². The maximum absolute atomic E-state index is 10.3. The number of nitrogens with zero attached hydrogens (tertiary/aromatic N) is 2. The molecular formula is C15H23N3O. The zero-order valence-corrected chi connectivity index (χ0v) is 11.3. The number of nitrogens with two attached hydrogens (primary N) is 1. The Bertz CT molecular complexity index is 437. The summed E-state index contributed by atoms with van der Waals surface area (Å²) < 4.78 is 0. The molecule has 19 heavy (non-hydrogen) atoms. The fourth-order valence-corrected chi connectivity index (χ4v) is 3.34. The summed E-state index contributed by atoms with van der Waals surface area (Å²) in [5, 5.41) is 10.3. The van der Waals surface area contributed by atoms with Crippen molar-refractivity contribution in [2.45, 2.75) is 25.0 Å². The summed E-state index contributed by atoms with van der Waals surface area (Å²) in [6.07, 6.45) is 2.21. The molecular weight excluding hydrogens is 238 g/mol. The first-order chi connectivity index (χ1) is 9.22. The third-order valence-corrected chi connectivity index (χ3v) is 4.40. The van der Waals surface area contributed by atoms with Gasteiger partial charge in [0.1, 0.15) is 0 Å². The standard InChI is InChI=1S/C15H23N3O/c16-13-4-1-3-12(9-13)15(19)11-17-7-8-18-6-2-5-14(18)10-17/h1,3-4,9,14-15,19H,2,5-8,10-11,16H2. The van der Waals surface area contributed by atoms with Crippen LogP contribution >= 0.6 is 0 Å². The van der Waals surface area contributed by atoms with Gasteiger partial charge in [-0.2, -0.15) is 0 Å². The summed E-state index contributed by atoms with van der Waals surface area (Å²) in [4.78, 5) is 4.98. The van der Waals surface area contributed by atoms with Gasteiger partial charge in [0.2, 0.25) is 0 Å². The van der Waals surface area contributed by atoms with Crippen molar-refractivity contribution in [1.82, 2.24) is 9.80 Å². The van der Waals surface area contributed by atoms with Gasteiger partial charge in [0.15, 0.2) is 0 Å². The quantitative estimate of drug-likeness (QED) is 0.800. The minimum Gasteiger partial charge on any atom is -0.399 e. The van der Waals surface area contributed by atoms with Crippen LogP contribution in [-0.4, -0.2) is 53.7 Å². The average molecular weight is 261 g/mol. The lowest BCUT2D eigenvalue weighted by Gasteiger charge is -2.38. The Morgan fingerprint density at radius 3 is 3.05 bits per heavy atom. The van der Waals surface area contributed by atoms with Crippen LogP contribution in [0.1, 0.15) is 24.5 Å². The topological polar surface area (TPSA) is 52.7 Å². The van der Waals surface area contributed by atoms with Crippen molar-refractivity contribution in [3.8, 4) is 0 Å². The van der Waals surface area contributed by atoms with E-state index in [-0.39, 0.29) is 0 Å². The molecule has 3 N–H and O–H groups in total. The highest BCUT2D eigenvalue weighted by molar-refractivity contribution is 5.41. The fraction of sp³-hybridized carbons (Fsp3) is 0.600. The molecule has 2 aliphatic heterocycles. The van der Waals surface area contributed by atoms with Gasteiger partial charge in [0.25, 0.3) is 0 Å². The monoisotopic (exact) mass is 261 g/mol. The van der Waals surface area contributed by atoms with Crippen LogP contribution in [0.15, 0.2) is 24.3 Å². The van der Waals surface area contributed by atoms with Crippen molar-refractivity contribution >= 4 is 5.69 Å². The Hall–Kier alpha value is -1.10.